The van der Waals surface area contributed by atoms with Gasteiger partial charge in [-0.05, 0) is 0 Å². The Morgan fingerprint density at radius 2 is 2.00 bits per heavy atom. The Hall–Kier alpha value is -1.14. The van der Waals surface area contributed by atoms with E-state index in [0.717, 1.165) is 0 Å². The van der Waals surface area contributed by atoms with E-state index in [1.54, 1.807) is 0 Å². The van der Waals surface area contributed by atoms with Crippen molar-refractivity contribution in [2.24, 2.45) is 0 Å². The molecule has 1 unspecified atom stereocenters. The van der Waals surface area contributed by atoms with Gasteiger partial charge in [-0.3, -0.25) is 4.79 Å². The summed E-state index contributed by atoms with van der Waals surface area (Å²) in [6.07, 6.45) is 0. The molecular weight excluding hydrogens is 154 g/mol. The topological polar surface area (TPSA) is 107 Å². The summed E-state index contributed by atoms with van der Waals surface area (Å²) in [6, 6.07) is -1.38. The van der Waals surface area contributed by atoms with Crippen LogP contribution in [0.1, 0.15) is 0 Å². The van der Waals surface area contributed by atoms with Gasteiger partial charge in [0.15, 0.2) is 6.61 Å². The number of aliphatic hydroxyl groups is 1. The average molecular weight is 162 g/mol. The summed E-state index contributed by atoms with van der Waals surface area (Å²) in [7, 11) is 0. The number of aliphatic hydroxyl groups excluding tert-OH is 1. The molecule has 0 aromatic carbocycles. The molecule has 0 aromatic heterocycles. The van der Waals surface area contributed by atoms with Crippen molar-refractivity contribution in [3.05, 3.63) is 0 Å². The van der Waals surface area contributed by atoms with Gasteiger partial charge in [0.2, 0.25) is 5.91 Å². The van der Waals surface area contributed by atoms with Gasteiger partial charge in [-0.15, -0.1) is 0 Å². The predicted octanol–water partition coefficient (Wildman–Crippen LogP) is -2.02. The highest BCUT2D eigenvalue weighted by Gasteiger charge is 2.17. The Morgan fingerprint density at radius 1 is 1.45 bits per heavy atom. The van der Waals surface area contributed by atoms with Crippen molar-refractivity contribution in [3.63, 3.8) is 0 Å². The van der Waals surface area contributed by atoms with Crippen LogP contribution in [0.3, 0.4) is 0 Å². The van der Waals surface area contributed by atoms with E-state index < -0.39 is 31.1 Å². The predicted molar refractivity (Wildman–Crippen MR) is 32.2 cm³/mol. The zero-order valence-electron chi connectivity index (χ0n) is 5.61. The number of carboxylic acids is 1. The molecule has 0 saturated heterocycles. The summed E-state index contributed by atoms with van der Waals surface area (Å²) in [5.74, 6) is -2.30. The maximum absolute atomic E-state index is 10.3. The van der Waals surface area contributed by atoms with Crippen LogP contribution in [-0.4, -0.2) is 41.3 Å². The van der Waals surface area contributed by atoms with E-state index in [1.165, 1.54) is 0 Å². The van der Waals surface area contributed by atoms with E-state index in [1.807, 2.05) is 5.32 Å². The van der Waals surface area contributed by atoms with Gasteiger partial charge < -0.3 is 15.5 Å². The van der Waals surface area contributed by atoms with E-state index in [-0.39, 0.29) is 0 Å². The first-order valence-corrected chi connectivity index (χ1v) is 2.83. The molecular formula is C5H8NO5. The number of nitrogens with one attached hydrogen (secondary N) is 1. The van der Waals surface area contributed by atoms with Gasteiger partial charge >= 0.3 is 5.97 Å². The number of hydrogen-bond donors (Lipinski definition) is 3. The molecule has 0 aliphatic carbocycles. The number of rotatable bonds is 4. The lowest BCUT2D eigenvalue weighted by molar-refractivity contribution is -0.143. The largest absolute Gasteiger partial charge is 0.480 e. The van der Waals surface area contributed by atoms with Crippen LogP contribution in [0.4, 0.5) is 0 Å². The quantitative estimate of drug-likeness (QED) is 0.443. The lowest BCUT2D eigenvalue weighted by Crippen LogP contribution is -2.44. The number of carbonyl (C=O) groups excluding carboxylic acids is 1. The lowest BCUT2D eigenvalue weighted by atomic mass is 10.3. The number of carbonyl (C=O) groups is 2. The first-order chi connectivity index (χ1) is 5.11. The van der Waals surface area contributed by atoms with Crippen LogP contribution in [0.5, 0.6) is 0 Å². The SMILES string of the molecule is [O]CC(=O)NC(CO)C(=O)O. The van der Waals surface area contributed by atoms with E-state index >= 15 is 0 Å². The first-order valence-electron chi connectivity index (χ1n) is 2.83. The monoisotopic (exact) mass is 162 g/mol. The minimum absolute atomic E-state index is 0.721. The molecule has 0 bridgehead atoms. The Bertz CT molecular complexity index is 157. The minimum Gasteiger partial charge on any atom is -0.480 e. The molecule has 6 nitrogen and oxygen atoms in total. The van der Waals surface area contributed by atoms with Crippen LogP contribution in [0.2, 0.25) is 0 Å². The summed E-state index contributed by atoms with van der Waals surface area (Å²) in [5.41, 5.74) is 0. The molecule has 1 amide bonds. The summed E-state index contributed by atoms with van der Waals surface area (Å²) < 4.78 is 0. The molecule has 0 aromatic rings. The van der Waals surface area contributed by atoms with Crippen molar-refractivity contribution in [2.45, 2.75) is 6.04 Å². The molecule has 1 atom stereocenters. The molecule has 3 N–H and O–H groups in total. The number of carboxylic acid groups (broad SMARTS) is 1. The molecule has 0 saturated carbocycles. The van der Waals surface area contributed by atoms with Gasteiger partial charge in [-0.2, -0.15) is 0 Å². The van der Waals surface area contributed by atoms with Crippen LogP contribution in [-0.2, 0) is 14.7 Å². The highest BCUT2D eigenvalue weighted by atomic mass is 16.4. The minimum atomic E-state index is -1.38. The van der Waals surface area contributed by atoms with Gasteiger partial charge in [-0.25, -0.2) is 9.90 Å². The zero-order valence-corrected chi connectivity index (χ0v) is 5.61. The molecule has 0 spiro atoms. The molecule has 63 valence electrons. The highest BCUT2D eigenvalue weighted by Crippen LogP contribution is 1.81. The Kier molecular flexibility index (Phi) is 4.16. The van der Waals surface area contributed by atoms with E-state index in [9.17, 15) is 14.7 Å². The van der Waals surface area contributed by atoms with Crippen molar-refractivity contribution in [1.82, 2.24) is 5.32 Å². The fourth-order valence-electron chi connectivity index (χ4n) is 0.421. The van der Waals surface area contributed by atoms with Crippen LogP contribution in [0.15, 0.2) is 0 Å². The molecule has 0 rings (SSSR count). The second-order valence-corrected chi connectivity index (χ2v) is 1.79. The normalized spacial score (nSPS) is 12.2. The van der Waals surface area contributed by atoms with Gasteiger partial charge in [0.25, 0.3) is 0 Å². The zero-order chi connectivity index (χ0) is 8.85. The lowest BCUT2D eigenvalue weighted by Gasteiger charge is -2.08. The molecule has 0 heterocycles. The molecule has 11 heavy (non-hydrogen) atoms. The third-order valence-corrected chi connectivity index (χ3v) is 0.947. The van der Waals surface area contributed by atoms with Crippen LogP contribution in [0.25, 0.3) is 0 Å². The van der Waals surface area contributed by atoms with E-state index in [0.29, 0.717) is 0 Å². The number of aliphatic carboxylic acids is 1. The molecule has 0 fully saturated rings. The maximum atomic E-state index is 10.3. The summed E-state index contributed by atoms with van der Waals surface area (Å²) in [5, 5.41) is 28.2. The maximum Gasteiger partial charge on any atom is 0.328 e. The van der Waals surface area contributed by atoms with E-state index in [2.05, 4.69) is 0 Å². The fraction of sp³-hybridized carbons (Fsp3) is 0.600. The van der Waals surface area contributed by atoms with Crippen molar-refractivity contribution in [3.8, 4) is 0 Å². The van der Waals surface area contributed by atoms with Crippen molar-refractivity contribution in [1.29, 1.82) is 0 Å². The van der Waals surface area contributed by atoms with Crippen LogP contribution < -0.4 is 5.32 Å². The smallest absolute Gasteiger partial charge is 0.328 e. The fourth-order valence-corrected chi connectivity index (χ4v) is 0.421. The molecule has 6 heteroatoms. The second-order valence-electron chi connectivity index (χ2n) is 1.79. The number of amides is 1. The Morgan fingerprint density at radius 3 is 2.27 bits per heavy atom. The Labute approximate surface area is 62.5 Å². The van der Waals surface area contributed by atoms with Gasteiger partial charge in [0, 0.05) is 0 Å². The van der Waals surface area contributed by atoms with Gasteiger partial charge in [0.05, 0.1) is 6.61 Å². The first kappa shape index (κ1) is 9.86. The average Bonchev–Trinajstić information content (AvgIpc) is 1.99. The summed E-state index contributed by atoms with van der Waals surface area (Å²) in [4.78, 5) is 20.4. The highest BCUT2D eigenvalue weighted by molar-refractivity contribution is 5.84. The molecule has 0 aliphatic rings. The van der Waals surface area contributed by atoms with Gasteiger partial charge in [-0.1, -0.05) is 0 Å². The van der Waals surface area contributed by atoms with Crippen molar-refractivity contribution >= 4 is 11.9 Å². The van der Waals surface area contributed by atoms with Crippen molar-refractivity contribution < 1.29 is 24.9 Å². The Balaban J connectivity index is 3.88. The summed E-state index contributed by atoms with van der Waals surface area (Å²) in [6.45, 7) is -1.76. The third kappa shape index (κ3) is 3.54. The third-order valence-electron chi connectivity index (χ3n) is 0.947. The van der Waals surface area contributed by atoms with Crippen molar-refractivity contribution in [2.75, 3.05) is 13.2 Å². The van der Waals surface area contributed by atoms with E-state index in [4.69, 9.17) is 10.2 Å². The van der Waals surface area contributed by atoms with Crippen LogP contribution in [0, 0.1) is 0 Å². The second kappa shape index (κ2) is 4.64. The molecule has 0 aliphatic heterocycles. The van der Waals surface area contributed by atoms with Crippen LogP contribution >= 0.6 is 0 Å². The van der Waals surface area contributed by atoms with Gasteiger partial charge in [0.1, 0.15) is 6.04 Å². The summed E-state index contributed by atoms with van der Waals surface area (Å²) >= 11 is 0. The number of hydrogen-bond acceptors (Lipinski definition) is 3. The molecule has 1 radical (unpaired) electrons. The standard InChI is InChI=1S/C5H8NO5/c7-1-3(5(10)11)6-4(9)2-8/h3,7H,1-2H2,(H,6,9)(H,10,11).